The third-order valence-electron chi connectivity index (χ3n) is 2.87. The molecule has 1 aromatic carbocycles. The van der Waals surface area contributed by atoms with Crippen LogP contribution in [0.15, 0.2) is 18.2 Å². The largest absolute Gasteiger partial charge is 0.383 e. The first-order valence-corrected chi connectivity index (χ1v) is 7.22. The Morgan fingerprint density at radius 1 is 1.35 bits per heavy atom. The second-order valence-corrected chi connectivity index (χ2v) is 5.32. The van der Waals surface area contributed by atoms with Crippen molar-refractivity contribution in [1.82, 2.24) is 10.6 Å². The van der Waals surface area contributed by atoms with Gasteiger partial charge in [0, 0.05) is 36.2 Å². The first kappa shape index (κ1) is 17.2. The van der Waals surface area contributed by atoms with Crippen LogP contribution in [0.1, 0.15) is 18.4 Å². The molecular formula is C14H20Cl2N2O2. The van der Waals surface area contributed by atoms with Gasteiger partial charge in [0.2, 0.25) is 5.91 Å². The van der Waals surface area contributed by atoms with Gasteiger partial charge in [0.25, 0.3) is 0 Å². The number of hydrogen-bond acceptors (Lipinski definition) is 3. The molecule has 0 bridgehead atoms. The van der Waals surface area contributed by atoms with Crippen molar-refractivity contribution in [2.24, 2.45) is 0 Å². The Morgan fingerprint density at radius 3 is 2.60 bits per heavy atom. The van der Waals surface area contributed by atoms with Gasteiger partial charge in [-0.1, -0.05) is 36.2 Å². The molecule has 0 aliphatic carbocycles. The van der Waals surface area contributed by atoms with E-state index in [-0.39, 0.29) is 18.4 Å². The van der Waals surface area contributed by atoms with E-state index in [2.05, 4.69) is 10.6 Å². The molecule has 0 spiro atoms. The van der Waals surface area contributed by atoms with Gasteiger partial charge in [0.15, 0.2) is 0 Å². The van der Waals surface area contributed by atoms with Crippen LogP contribution in [0.4, 0.5) is 0 Å². The van der Waals surface area contributed by atoms with Crippen LogP contribution in [0, 0.1) is 0 Å². The molecule has 112 valence electrons. The molecule has 6 heteroatoms. The van der Waals surface area contributed by atoms with Crippen LogP contribution in [0.3, 0.4) is 0 Å². The van der Waals surface area contributed by atoms with Gasteiger partial charge in [-0.05, 0) is 17.7 Å². The molecule has 2 N–H and O–H groups in total. The van der Waals surface area contributed by atoms with Crippen molar-refractivity contribution in [3.05, 3.63) is 33.8 Å². The molecule has 0 saturated carbocycles. The van der Waals surface area contributed by atoms with Crippen molar-refractivity contribution in [1.29, 1.82) is 0 Å². The maximum atomic E-state index is 11.6. The summed E-state index contributed by atoms with van der Waals surface area (Å²) in [5, 5.41) is 7.08. The second kappa shape index (κ2) is 9.19. The van der Waals surface area contributed by atoms with E-state index >= 15 is 0 Å². The maximum absolute atomic E-state index is 11.6. The Hall–Kier alpha value is -0.810. The highest BCUT2D eigenvalue weighted by molar-refractivity contribution is 6.36. The molecular weight excluding hydrogens is 299 g/mol. The smallest absolute Gasteiger partial charge is 0.233 e. The standard InChI is InChI=1S/C14H20Cl2N2O2/c1-10(14-11(15)4-3-5-12(14)16)8-18-13(19)9-17-6-7-20-2/h3-5,10,17H,6-9H2,1-2H3,(H,18,19). The first-order valence-electron chi connectivity index (χ1n) is 6.46. The molecule has 1 aromatic rings. The Morgan fingerprint density at radius 2 is 2.00 bits per heavy atom. The Kier molecular flexibility index (Phi) is 7.92. The fourth-order valence-electron chi connectivity index (χ4n) is 1.79. The molecule has 1 unspecified atom stereocenters. The van der Waals surface area contributed by atoms with E-state index in [4.69, 9.17) is 27.9 Å². The Bertz CT molecular complexity index is 421. The zero-order chi connectivity index (χ0) is 15.0. The van der Waals surface area contributed by atoms with E-state index in [1.54, 1.807) is 25.3 Å². The number of halogens is 2. The molecule has 20 heavy (non-hydrogen) atoms. The average Bonchev–Trinajstić information content (AvgIpc) is 2.41. The summed E-state index contributed by atoms with van der Waals surface area (Å²) >= 11 is 12.3. The summed E-state index contributed by atoms with van der Waals surface area (Å²) in [7, 11) is 1.62. The van der Waals surface area contributed by atoms with Crippen molar-refractivity contribution < 1.29 is 9.53 Å². The lowest BCUT2D eigenvalue weighted by Gasteiger charge is -2.16. The van der Waals surface area contributed by atoms with E-state index in [9.17, 15) is 4.79 Å². The minimum atomic E-state index is -0.0591. The summed E-state index contributed by atoms with van der Waals surface area (Å²) < 4.78 is 4.88. The SMILES string of the molecule is COCCNCC(=O)NCC(C)c1c(Cl)cccc1Cl. The lowest BCUT2D eigenvalue weighted by atomic mass is 10.0. The van der Waals surface area contributed by atoms with Crippen LogP contribution < -0.4 is 10.6 Å². The first-order chi connectivity index (χ1) is 9.56. The van der Waals surface area contributed by atoms with E-state index in [1.165, 1.54) is 0 Å². The van der Waals surface area contributed by atoms with Crippen LogP contribution >= 0.6 is 23.2 Å². The minimum Gasteiger partial charge on any atom is -0.383 e. The van der Waals surface area contributed by atoms with Crippen LogP contribution in [-0.4, -0.2) is 39.3 Å². The summed E-state index contributed by atoms with van der Waals surface area (Å²) in [6, 6.07) is 5.40. The molecule has 0 fully saturated rings. The molecule has 0 radical (unpaired) electrons. The number of nitrogens with one attached hydrogen (secondary N) is 2. The van der Waals surface area contributed by atoms with Gasteiger partial charge in [-0.15, -0.1) is 0 Å². The molecule has 0 aromatic heterocycles. The van der Waals surface area contributed by atoms with E-state index in [0.29, 0.717) is 29.7 Å². The molecule has 1 atom stereocenters. The summed E-state index contributed by atoms with van der Waals surface area (Å²) in [6.45, 7) is 3.97. The monoisotopic (exact) mass is 318 g/mol. The Labute approximate surface area is 129 Å². The van der Waals surface area contributed by atoms with Crippen molar-refractivity contribution in [2.45, 2.75) is 12.8 Å². The highest BCUT2D eigenvalue weighted by Gasteiger charge is 2.14. The maximum Gasteiger partial charge on any atom is 0.233 e. The quantitative estimate of drug-likeness (QED) is 0.724. The van der Waals surface area contributed by atoms with Crippen molar-refractivity contribution in [2.75, 3.05) is 33.4 Å². The van der Waals surface area contributed by atoms with Crippen molar-refractivity contribution in [3.8, 4) is 0 Å². The van der Waals surface area contributed by atoms with Crippen molar-refractivity contribution in [3.63, 3.8) is 0 Å². The summed E-state index contributed by atoms with van der Waals surface area (Å²) in [6.07, 6.45) is 0. The molecule has 4 nitrogen and oxygen atoms in total. The van der Waals surface area contributed by atoms with Gasteiger partial charge in [0.05, 0.1) is 13.2 Å². The summed E-state index contributed by atoms with van der Waals surface area (Å²) in [5.74, 6) is -0.00439. The number of methoxy groups -OCH3 is 1. The van der Waals surface area contributed by atoms with Crippen LogP contribution in [0.5, 0.6) is 0 Å². The number of amides is 1. The highest BCUT2D eigenvalue weighted by Crippen LogP contribution is 2.30. The van der Waals surface area contributed by atoms with Gasteiger partial charge >= 0.3 is 0 Å². The van der Waals surface area contributed by atoms with E-state index < -0.39 is 0 Å². The van der Waals surface area contributed by atoms with Crippen molar-refractivity contribution >= 4 is 29.1 Å². The summed E-state index contributed by atoms with van der Waals surface area (Å²) in [5.41, 5.74) is 0.864. The zero-order valence-electron chi connectivity index (χ0n) is 11.7. The fourth-order valence-corrected chi connectivity index (χ4v) is 2.56. The van der Waals surface area contributed by atoms with Gasteiger partial charge in [-0.3, -0.25) is 4.79 Å². The number of ether oxygens (including phenoxy) is 1. The fraction of sp³-hybridized carbons (Fsp3) is 0.500. The summed E-state index contributed by atoms with van der Waals surface area (Å²) in [4.78, 5) is 11.6. The molecule has 1 amide bonds. The van der Waals surface area contributed by atoms with Gasteiger partial charge in [-0.25, -0.2) is 0 Å². The van der Waals surface area contributed by atoms with Crippen LogP contribution in [0.25, 0.3) is 0 Å². The number of rotatable bonds is 8. The minimum absolute atomic E-state index is 0.0547. The molecule has 0 heterocycles. The predicted molar refractivity (Wildman–Crippen MR) is 82.6 cm³/mol. The third-order valence-corrected chi connectivity index (χ3v) is 3.53. The molecule has 0 aliphatic heterocycles. The van der Waals surface area contributed by atoms with E-state index in [0.717, 1.165) is 5.56 Å². The number of carbonyl (C=O) groups excluding carboxylic acids is 1. The zero-order valence-corrected chi connectivity index (χ0v) is 13.2. The van der Waals surface area contributed by atoms with Crippen LogP contribution in [0.2, 0.25) is 10.0 Å². The number of hydrogen-bond donors (Lipinski definition) is 2. The van der Waals surface area contributed by atoms with Gasteiger partial charge in [-0.2, -0.15) is 0 Å². The molecule has 0 aliphatic rings. The average molecular weight is 319 g/mol. The van der Waals surface area contributed by atoms with Gasteiger partial charge in [0.1, 0.15) is 0 Å². The van der Waals surface area contributed by atoms with E-state index in [1.807, 2.05) is 6.92 Å². The molecule has 1 rings (SSSR count). The molecule has 0 saturated heterocycles. The predicted octanol–water partition coefficient (Wildman–Crippen LogP) is 2.45. The normalized spacial score (nSPS) is 12.2. The lowest BCUT2D eigenvalue weighted by molar-refractivity contribution is -0.120. The Balaban J connectivity index is 2.39. The third kappa shape index (κ3) is 5.67. The van der Waals surface area contributed by atoms with Crippen LogP contribution in [-0.2, 0) is 9.53 Å². The topological polar surface area (TPSA) is 50.4 Å². The lowest BCUT2D eigenvalue weighted by Crippen LogP contribution is -2.36. The number of carbonyl (C=O) groups is 1. The highest BCUT2D eigenvalue weighted by atomic mass is 35.5. The number of benzene rings is 1. The van der Waals surface area contributed by atoms with Gasteiger partial charge < -0.3 is 15.4 Å². The second-order valence-electron chi connectivity index (χ2n) is 4.51.